The summed E-state index contributed by atoms with van der Waals surface area (Å²) in [5.41, 5.74) is 2.47. The molecule has 0 spiro atoms. The molecule has 3 N–H and O–H groups in total. The Labute approximate surface area is 309 Å². The predicted octanol–water partition coefficient (Wildman–Crippen LogP) is 7.49. The Balaban J connectivity index is 1.38. The number of thiazole rings is 1. The highest BCUT2D eigenvalue weighted by Gasteiger charge is 2.57. The van der Waals surface area contributed by atoms with Gasteiger partial charge in [0.05, 0.1) is 22.0 Å². The van der Waals surface area contributed by atoms with Crippen LogP contribution in [0.15, 0.2) is 61.2 Å². The summed E-state index contributed by atoms with van der Waals surface area (Å²) in [7, 11) is 0. The molecule has 4 aromatic heterocycles. The molecular formula is C36H26F8N8O2S. The van der Waals surface area contributed by atoms with Crippen LogP contribution >= 0.6 is 11.3 Å². The van der Waals surface area contributed by atoms with Crippen LogP contribution in [0.1, 0.15) is 64.4 Å². The van der Waals surface area contributed by atoms with Gasteiger partial charge in [-0.3, -0.25) is 14.3 Å². The summed E-state index contributed by atoms with van der Waals surface area (Å²) >= 11 is 1.15. The van der Waals surface area contributed by atoms with Crippen molar-refractivity contribution < 1.29 is 44.7 Å². The quantitative estimate of drug-likeness (QED) is 0.145. The highest BCUT2D eigenvalue weighted by Crippen LogP contribution is 2.55. The van der Waals surface area contributed by atoms with Crippen LogP contribution < -0.4 is 11.1 Å². The van der Waals surface area contributed by atoms with E-state index in [9.17, 15) is 35.9 Å². The molecule has 4 heterocycles. The van der Waals surface area contributed by atoms with E-state index in [4.69, 9.17) is 5.73 Å². The summed E-state index contributed by atoms with van der Waals surface area (Å²) in [5, 5.41) is 6.41. The van der Waals surface area contributed by atoms with Crippen molar-refractivity contribution in [2.45, 2.75) is 50.9 Å². The molecule has 6 aromatic rings. The van der Waals surface area contributed by atoms with Crippen LogP contribution in [0.3, 0.4) is 0 Å². The third-order valence-corrected chi connectivity index (χ3v) is 10.5. The molecule has 2 aromatic carbocycles. The molecular weight excluding hydrogens is 761 g/mol. The van der Waals surface area contributed by atoms with Crippen LogP contribution in [0.25, 0.3) is 32.0 Å². The molecule has 2 amide bonds. The number of carbonyl (C=O) groups is 2. The standard InChI is InChI=1S/C36H26F8N8O2S/c1-15-16(2)35(40,41)31-28(15)30(36(42,43)44)51-52(31)13-27(53)48-25(7-17-5-20(37)9-21(38)6-17)29-22(18-3-4-24(39)23(8-18)32(45)54)10-26-33(49-29)50-34(55-26)19-11-46-14-47-12-19/h3-6,8-12,14-16,25H,7,13H2,1-2H3,(H2,45,54)(H,48,53)/t15-,16+,25-/m0/s1. The number of halogens is 8. The van der Waals surface area contributed by atoms with Gasteiger partial charge in [0, 0.05) is 41.1 Å². The van der Waals surface area contributed by atoms with Crippen LogP contribution in [-0.2, 0) is 29.9 Å². The van der Waals surface area contributed by atoms with E-state index in [1.165, 1.54) is 31.7 Å². The number of nitrogens with two attached hydrogens (primary N) is 1. The minimum atomic E-state index is -5.12. The van der Waals surface area contributed by atoms with Gasteiger partial charge in [-0.25, -0.2) is 33.1 Å². The molecule has 7 rings (SSSR count). The number of pyridine rings is 1. The number of hydrogen-bond acceptors (Lipinski definition) is 8. The third kappa shape index (κ3) is 6.99. The molecule has 0 aliphatic heterocycles. The number of primary amides is 1. The van der Waals surface area contributed by atoms with Gasteiger partial charge >= 0.3 is 6.18 Å². The Kier molecular flexibility index (Phi) is 9.38. The van der Waals surface area contributed by atoms with E-state index in [-0.39, 0.29) is 28.0 Å². The fourth-order valence-electron chi connectivity index (χ4n) is 6.71. The second kappa shape index (κ2) is 13.8. The van der Waals surface area contributed by atoms with Crippen molar-refractivity contribution in [1.29, 1.82) is 0 Å². The zero-order valence-electron chi connectivity index (χ0n) is 28.4. The average Bonchev–Trinajstić information content (AvgIpc) is 3.76. The molecule has 0 radical (unpaired) electrons. The highest BCUT2D eigenvalue weighted by atomic mass is 32.1. The third-order valence-electron chi connectivity index (χ3n) is 9.43. The summed E-state index contributed by atoms with van der Waals surface area (Å²) in [6.07, 6.45) is -1.23. The van der Waals surface area contributed by atoms with Crippen molar-refractivity contribution in [3.63, 3.8) is 0 Å². The van der Waals surface area contributed by atoms with Crippen LogP contribution in [0.4, 0.5) is 35.1 Å². The monoisotopic (exact) mass is 786 g/mol. The van der Waals surface area contributed by atoms with Crippen molar-refractivity contribution in [3.8, 4) is 21.7 Å². The number of carbonyl (C=O) groups excluding carboxylic acids is 2. The van der Waals surface area contributed by atoms with Gasteiger partial charge < -0.3 is 11.1 Å². The zero-order valence-corrected chi connectivity index (χ0v) is 29.2. The van der Waals surface area contributed by atoms with Crippen LogP contribution in [0.2, 0.25) is 0 Å². The lowest BCUT2D eigenvalue weighted by Gasteiger charge is -2.23. The van der Waals surface area contributed by atoms with Gasteiger partial charge in [-0.05, 0) is 53.8 Å². The van der Waals surface area contributed by atoms with Crippen molar-refractivity contribution in [2.24, 2.45) is 11.7 Å². The van der Waals surface area contributed by atoms with Gasteiger partial charge in [-0.1, -0.05) is 19.9 Å². The first-order chi connectivity index (χ1) is 25.9. The molecule has 1 aliphatic carbocycles. The maximum atomic E-state index is 15.5. The van der Waals surface area contributed by atoms with Crippen molar-refractivity contribution in [2.75, 3.05) is 0 Å². The maximum absolute atomic E-state index is 15.5. The Bertz CT molecular complexity index is 2470. The van der Waals surface area contributed by atoms with Crippen LogP contribution in [-0.4, -0.2) is 41.5 Å². The second-order valence-corrected chi connectivity index (χ2v) is 14.0. The lowest BCUT2D eigenvalue weighted by atomic mass is 9.94. The van der Waals surface area contributed by atoms with E-state index in [0.717, 1.165) is 42.5 Å². The normalized spacial score (nSPS) is 17.0. The van der Waals surface area contributed by atoms with E-state index in [1.807, 2.05) is 0 Å². The number of benzene rings is 2. The molecule has 0 saturated heterocycles. The summed E-state index contributed by atoms with van der Waals surface area (Å²) in [4.78, 5) is 43.2. The van der Waals surface area contributed by atoms with Gasteiger partial charge in [0.25, 0.3) is 11.8 Å². The fraction of sp³-hybridized carbons (Fsp3) is 0.250. The highest BCUT2D eigenvalue weighted by molar-refractivity contribution is 7.21. The van der Waals surface area contributed by atoms with Crippen molar-refractivity contribution in [3.05, 3.63) is 112 Å². The predicted molar refractivity (Wildman–Crippen MR) is 182 cm³/mol. The lowest BCUT2D eigenvalue weighted by molar-refractivity contribution is -0.143. The topological polar surface area (TPSA) is 142 Å². The maximum Gasteiger partial charge on any atom is 0.435 e. The molecule has 10 nitrogen and oxygen atoms in total. The molecule has 3 atom stereocenters. The first-order valence-corrected chi connectivity index (χ1v) is 17.2. The summed E-state index contributed by atoms with van der Waals surface area (Å²) < 4.78 is 118. The van der Waals surface area contributed by atoms with Crippen molar-refractivity contribution >= 4 is 33.5 Å². The number of rotatable bonds is 9. The Morgan fingerprint density at radius 1 is 0.982 bits per heavy atom. The smallest absolute Gasteiger partial charge is 0.366 e. The fourth-order valence-corrected chi connectivity index (χ4v) is 7.63. The zero-order chi connectivity index (χ0) is 39.6. The molecule has 0 unspecified atom stereocenters. The number of hydrogen-bond donors (Lipinski definition) is 2. The minimum absolute atomic E-state index is 0.0125. The average molecular weight is 787 g/mol. The Morgan fingerprint density at radius 2 is 1.67 bits per heavy atom. The molecule has 0 saturated carbocycles. The van der Waals surface area contributed by atoms with Gasteiger partial charge in [0.1, 0.15) is 41.0 Å². The van der Waals surface area contributed by atoms with Gasteiger partial charge in [-0.2, -0.15) is 27.1 Å². The first kappa shape index (κ1) is 37.5. The van der Waals surface area contributed by atoms with E-state index in [2.05, 4.69) is 30.4 Å². The lowest BCUT2D eigenvalue weighted by Crippen LogP contribution is -2.35. The van der Waals surface area contributed by atoms with Crippen molar-refractivity contribution in [1.82, 2.24) is 35.0 Å². The number of nitrogens with zero attached hydrogens (tertiary/aromatic N) is 6. The molecule has 284 valence electrons. The number of nitrogens with one attached hydrogen (secondary N) is 1. The largest absolute Gasteiger partial charge is 0.435 e. The summed E-state index contributed by atoms with van der Waals surface area (Å²) in [5.74, 6) is -11.7. The molecule has 1 aliphatic rings. The number of amides is 2. The number of fused-ring (bicyclic) bond motifs is 2. The van der Waals surface area contributed by atoms with Gasteiger partial charge in [-0.15, -0.1) is 11.3 Å². The molecule has 0 fully saturated rings. The Hall–Kier alpha value is -5.85. The van der Waals surface area contributed by atoms with E-state index >= 15 is 8.78 Å². The summed E-state index contributed by atoms with van der Waals surface area (Å²) in [6, 6.07) is 6.11. The first-order valence-electron chi connectivity index (χ1n) is 16.4. The summed E-state index contributed by atoms with van der Waals surface area (Å²) in [6.45, 7) is 1.20. The van der Waals surface area contributed by atoms with E-state index in [1.54, 1.807) is 6.07 Å². The number of alkyl halides is 5. The van der Waals surface area contributed by atoms with Crippen LogP contribution in [0.5, 0.6) is 0 Å². The number of aromatic nitrogens is 6. The SMILES string of the molecule is C[C@@H]1c2c(C(F)(F)F)nn(CC(=O)N[C@@H](Cc3cc(F)cc(F)c3)c3nc4nc(-c5cncnc5)sc4cc3-c3ccc(F)c(C(N)=O)c3)c2C(F)(F)[C@@H]1C. The van der Waals surface area contributed by atoms with E-state index in [0.29, 0.717) is 26.0 Å². The van der Waals surface area contributed by atoms with Gasteiger partial charge in [0.15, 0.2) is 11.3 Å². The molecule has 0 bridgehead atoms. The molecule has 19 heteroatoms. The van der Waals surface area contributed by atoms with Crippen LogP contribution in [0, 0.1) is 23.4 Å². The van der Waals surface area contributed by atoms with E-state index < -0.39 is 94.7 Å². The molecule has 55 heavy (non-hydrogen) atoms. The second-order valence-electron chi connectivity index (χ2n) is 13.0. The van der Waals surface area contributed by atoms with Gasteiger partial charge in [0.2, 0.25) is 5.91 Å². The Morgan fingerprint density at radius 3 is 2.33 bits per heavy atom. The minimum Gasteiger partial charge on any atom is -0.366 e.